The van der Waals surface area contributed by atoms with Crippen molar-refractivity contribution in [1.29, 1.82) is 0 Å². The van der Waals surface area contributed by atoms with E-state index in [9.17, 15) is 8.42 Å². The predicted molar refractivity (Wildman–Crippen MR) is 80.3 cm³/mol. The average Bonchev–Trinajstić information content (AvgIpc) is 2.40. The highest BCUT2D eigenvalue weighted by molar-refractivity contribution is 7.87. The van der Waals surface area contributed by atoms with Crippen molar-refractivity contribution in [1.82, 2.24) is 9.62 Å². The summed E-state index contributed by atoms with van der Waals surface area (Å²) in [5, 5.41) is 4.94. The summed E-state index contributed by atoms with van der Waals surface area (Å²) in [7, 11) is -3.55. The Morgan fingerprint density at radius 1 is 1.25 bits per heavy atom. The van der Waals surface area contributed by atoms with E-state index in [2.05, 4.69) is 40.8 Å². The fourth-order valence-electron chi connectivity index (χ4n) is 2.53. The zero-order valence-electron chi connectivity index (χ0n) is 11.9. The lowest BCUT2D eigenvalue weighted by atomic mass is 9.97. The molecule has 6 heteroatoms. The molecule has 1 fully saturated rings. The van der Waals surface area contributed by atoms with Crippen molar-refractivity contribution >= 4 is 10.2 Å². The maximum atomic E-state index is 10.9. The van der Waals surface area contributed by atoms with Crippen molar-refractivity contribution in [3.05, 3.63) is 35.4 Å². The van der Waals surface area contributed by atoms with Gasteiger partial charge in [-0.2, -0.15) is 8.42 Å². The van der Waals surface area contributed by atoms with Crippen LogP contribution in [0.5, 0.6) is 0 Å². The van der Waals surface area contributed by atoms with E-state index in [1.807, 2.05) is 0 Å². The van der Waals surface area contributed by atoms with Crippen LogP contribution in [-0.4, -0.2) is 33.0 Å². The third-order valence-corrected chi connectivity index (χ3v) is 4.38. The molecular weight excluding hydrogens is 274 g/mol. The molecule has 2 rings (SSSR count). The van der Waals surface area contributed by atoms with Crippen LogP contribution in [0.15, 0.2) is 24.3 Å². The lowest BCUT2D eigenvalue weighted by molar-refractivity contribution is 0.178. The normalized spacial score (nSPS) is 18.3. The van der Waals surface area contributed by atoms with Crippen LogP contribution in [0.2, 0.25) is 0 Å². The molecule has 0 aliphatic carbocycles. The second-order valence-electron chi connectivity index (χ2n) is 5.60. The number of hydrogen-bond donors (Lipinski definition) is 2. The first-order valence-corrected chi connectivity index (χ1v) is 8.52. The van der Waals surface area contributed by atoms with E-state index >= 15 is 0 Å². The second kappa shape index (κ2) is 6.67. The highest BCUT2D eigenvalue weighted by atomic mass is 32.2. The Balaban J connectivity index is 1.75. The number of likely N-dealkylation sites (tertiary alicyclic amines) is 1. The topological polar surface area (TPSA) is 75.4 Å². The van der Waals surface area contributed by atoms with Gasteiger partial charge in [-0.1, -0.05) is 29.8 Å². The van der Waals surface area contributed by atoms with Crippen molar-refractivity contribution in [2.24, 2.45) is 11.1 Å². The molecule has 3 N–H and O–H groups in total. The molecule has 0 amide bonds. The van der Waals surface area contributed by atoms with Crippen molar-refractivity contribution in [3.8, 4) is 0 Å². The predicted octanol–water partition coefficient (Wildman–Crippen LogP) is 1.00. The molecule has 1 aromatic rings. The van der Waals surface area contributed by atoms with E-state index in [0.29, 0.717) is 12.5 Å². The van der Waals surface area contributed by atoms with Gasteiger partial charge in [0.25, 0.3) is 10.2 Å². The Bertz CT molecular complexity index is 520. The molecular formula is C14H23N3O2S. The van der Waals surface area contributed by atoms with E-state index in [1.54, 1.807) is 0 Å². The molecule has 0 spiro atoms. The van der Waals surface area contributed by atoms with Gasteiger partial charge in [-0.05, 0) is 44.3 Å². The van der Waals surface area contributed by atoms with Gasteiger partial charge in [-0.3, -0.25) is 4.90 Å². The SMILES string of the molecule is Cc1ccc(CN2CCC(CNS(N)(=O)=O)CC2)cc1. The average molecular weight is 297 g/mol. The van der Waals surface area contributed by atoms with Gasteiger partial charge in [0.1, 0.15) is 0 Å². The first-order valence-electron chi connectivity index (χ1n) is 6.98. The lowest BCUT2D eigenvalue weighted by Crippen LogP contribution is -2.40. The first kappa shape index (κ1) is 15.4. The monoisotopic (exact) mass is 297 g/mol. The molecule has 1 aliphatic rings. The maximum absolute atomic E-state index is 10.9. The fourth-order valence-corrected chi connectivity index (χ4v) is 3.00. The van der Waals surface area contributed by atoms with Crippen LogP contribution in [0, 0.1) is 12.8 Å². The third-order valence-electron chi connectivity index (χ3n) is 3.81. The minimum absolute atomic E-state index is 0.391. The fraction of sp³-hybridized carbons (Fsp3) is 0.571. The van der Waals surface area contributed by atoms with Crippen molar-refractivity contribution in [2.75, 3.05) is 19.6 Å². The van der Waals surface area contributed by atoms with E-state index in [0.717, 1.165) is 32.5 Å². The molecule has 112 valence electrons. The lowest BCUT2D eigenvalue weighted by Gasteiger charge is -2.31. The van der Waals surface area contributed by atoms with Crippen LogP contribution in [0.25, 0.3) is 0 Å². The van der Waals surface area contributed by atoms with E-state index in [1.165, 1.54) is 11.1 Å². The molecule has 20 heavy (non-hydrogen) atoms. The van der Waals surface area contributed by atoms with Crippen molar-refractivity contribution < 1.29 is 8.42 Å². The summed E-state index contributed by atoms with van der Waals surface area (Å²) in [4.78, 5) is 2.41. The Labute approximate surface area is 121 Å². The Morgan fingerprint density at radius 3 is 2.40 bits per heavy atom. The number of hydrogen-bond acceptors (Lipinski definition) is 3. The summed E-state index contributed by atoms with van der Waals surface area (Å²) in [6, 6.07) is 8.62. The minimum atomic E-state index is -3.55. The number of aryl methyl sites for hydroxylation is 1. The molecule has 1 saturated heterocycles. The summed E-state index contributed by atoms with van der Waals surface area (Å²) in [6.45, 7) is 5.52. The molecule has 0 radical (unpaired) electrons. The molecule has 0 atom stereocenters. The van der Waals surface area contributed by atoms with E-state index in [4.69, 9.17) is 5.14 Å². The Hall–Kier alpha value is -0.950. The van der Waals surface area contributed by atoms with Gasteiger partial charge in [-0.15, -0.1) is 0 Å². The van der Waals surface area contributed by atoms with Gasteiger partial charge in [0, 0.05) is 13.1 Å². The van der Waals surface area contributed by atoms with E-state index < -0.39 is 10.2 Å². The van der Waals surface area contributed by atoms with Crippen LogP contribution in [0.3, 0.4) is 0 Å². The first-order chi connectivity index (χ1) is 9.42. The molecule has 0 saturated carbocycles. The summed E-state index contributed by atoms with van der Waals surface area (Å²) in [6.07, 6.45) is 2.02. The molecule has 1 aromatic carbocycles. The molecule has 0 bridgehead atoms. The zero-order chi connectivity index (χ0) is 14.6. The molecule has 5 nitrogen and oxygen atoms in total. The van der Waals surface area contributed by atoms with Crippen LogP contribution in [0.4, 0.5) is 0 Å². The van der Waals surface area contributed by atoms with Gasteiger partial charge in [0.2, 0.25) is 0 Å². The van der Waals surface area contributed by atoms with Gasteiger partial charge in [0.15, 0.2) is 0 Å². The third kappa shape index (κ3) is 5.20. The smallest absolute Gasteiger partial charge is 0.274 e. The number of nitrogens with zero attached hydrogens (tertiary/aromatic N) is 1. The highest BCUT2D eigenvalue weighted by Crippen LogP contribution is 2.18. The quantitative estimate of drug-likeness (QED) is 0.851. The van der Waals surface area contributed by atoms with Gasteiger partial charge in [-0.25, -0.2) is 9.86 Å². The summed E-state index contributed by atoms with van der Waals surface area (Å²) >= 11 is 0. The number of rotatable bonds is 5. The van der Waals surface area contributed by atoms with Crippen LogP contribution in [-0.2, 0) is 16.8 Å². The van der Waals surface area contributed by atoms with Crippen molar-refractivity contribution in [3.63, 3.8) is 0 Å². The summed E-state index contributed by atoms with van der Waals surface area (Å²) in [5.74, 6) is 0.391. The molecule has 1 heterocycles. The largest absolute Gasteiger partial charge is 0.299 e. The maximum Gasteiger partial charge on any atom is 0.274 e. The van der Waals surface area contributed by atoms with Gasteiger partial charge >= 0.3 is 0 Å². The Kier molecular flexibility index (Phi) is 5.15. The van der Waals surface area contributed by atoms with Gasteiger partial charge < -0.3 is 0 Å². The minimum Gasteiger partial charge on any atom is -0.299 e. The molecule has 0 unspecified atom stereocenters. The Morgan fingerprint density at radius 2 is 1.85 bits per heavy atom. The van der Waals surface area contributed by atoms with Gasteiger partial charge in [0.05, 0.1) is 0 Å². The van der Waals surface area contributed by atoms with Crippen LogP contribution < -0.4 is 9.86 Å². The number of benzene rings is 1. The summed E-state index contributed by atoms with van der Waals surface area (Å²) < 4.78 is 24.1. The van der Waals surface area contributed by atoms with Crippen LogP contribution in [0.1, 0.15) is 24.0 Å². The van der Waals surface area contributed by atoms with E-state index in [-0.39, 0.29) is 0 Å². The zero-order valence-corrected chi connectivity index (χ0v) is 12.7. The van der Waals surface area contributed by atoms with Crippen molar-refractivity contribution in [2.45, 2.75) is 26.3 Å². The van der Waals surface area contributed by atoms with Crippen LogP contribution >= 0.6 is 0 Å². The molecule has 0 aromatic heterocycles. The molecule has 1 aliphatic heterocycles. The number of nitrogens with two attached hydrogens (primary N) is 1. The standard InChI is InChI=1S/C14H23N3O2S/c1-12-2-4-14(5-3-12)11-17-8-6-13(7-9-17)10-16-20(15,18)19/h2-5,13,16H,6-11H2,1H3,(H2,15,18,19). The number of nitrogens with one attached hydrogen (secondary N) is 1. The number of piperidine rings is 1. The second-order valence-corrected chi connectivity index (χ2v) is 6.98. The highest BCUT2D eigenvalue weighted by Gasteiger charge is 2.20. The summed E-state index contributed by atoms with van der Waals surface area (Å²) in [5.41, 5.74) is 2.61.